The lowest BCUT2D eigenvalue weighted by Gasteiger charge is -2.26. The van der Waals surface area contributed by atoms with Gasteiger partial charge in [-0.2, -0.15) is 5.10 Å². The van der Waals surface area contributed by atoms with Crippen LogP contribution in [0.3, 0.4) is 0 Å². The summed E-state index contributed by atoms with van der Waals surface area (Å²) < 4.78 is 7.38. The van der Waals surface area contributed by atoms with Crippen LogP contribution in [0.2, 0.25) is 0 Å². The highest BCUT2D eigenvalue weighted by molar-refractivity contribution is 6.02. The Morgan fingerprint density at radius 2 is 2.11 bits per heavy atom. The number of hydrogen-bond donors (Lipinski definition) is 0. The number of carbonyl (C=O) groups is 1. The van der Waals surface area contributed by atoms with Gasteiger partial charge in [-0.05, 0) is 48.6 Å². The summed E-state index contributed by atoms with van der Waals surface area (Å²) in [5, 5.41) is 5.68. The summed E-state index contributed by atoms with van der Waals surface area (Å²) in [6.07, 6.45) is 10.7. The Bertz CT molecular complexity index is 1120. The maximum Gasteiger partial charge on any atom is 0.308 e. The number of ether oxygens (including phenoxy) is 1. The normalized spacial score (nSPS) is 15.6. The van der Waals surface area contributed by atoms with E-state index >= 15 is 0 Å². The first-order valence-electron chi connectivity index (χ1n) is 9.11. The molecular weight excluding hydrogens is 340 g/mol. The summed E-state index contributed by atoms with van der Waals surface area (Å²) in [7, 11) is 0. The highest BCUT2D eigenvalue weighted by Gasteiger charge is 2.23. The van der Waals surface area contributed by atoms with E-state index in [4.69, 9.17) is 9.84 Å². The van der Waals surface area contributed by atoms with Crippen molar-refractivity contribution >= 4 is 29.2 Å². The van der Waals surface area contributed by atoms with Crippen molar-refractivity contribution in [1.82, 2.24) is 14.8 Å². The fourth-order valence-electron chi connectivity index (χ4n) is 3.68. The molecule has 6 nitrogen and oxygen atoms in total. The predicted octanol–water partition coefficient (Wildman–Crippen LogP) is 4.02. The summed E-state index contributed by atoms with van der Waals surface area (Å²) in [5.74, 6) is 0.754. The molecule has 0 radical (unpaired) electrons. The van der Waals surface area contributed by atoms with Gasteiger partial charge in [-0.25, -0.2) is 4.68 Å². The first kappa shape index (κ1) is 15.9. The number of pyridine rings is 1. The highest BCUT2D eigenvalue weighted by atomic mass is 16.5. The van der Waals surface area contributed by atoms with Crippen LogP contribution in [0.1, 0.15) is 49.1 Å². The van der Waals surface area contributed by atoms with Crippen LogP contribution in [0.25, 0.3) is 22.7 Å². The molecule has 0 saturated heterocycles. The number of benzene rings is 1. The van der Waals surface area contributed by atoms with Crippen LogP contribution in [0, 0.1) is 0 Å². The molecule has 0 bridgehead atoms. The minimum Gasteiger partial charge on any atom is -0.424 e. The average molecular weight is 358 g/mol. The second-order valence-electron chi connectivity index (χ2n) is 6.93. The summed E-state index contributed by atoms with van der Waals surface area (Å²) in [5.41, 5.74) is 4.43. The predicted molar refractivity (Wildman–Crippen MR) is 103 cm³/mol. The second kappa shape index (κ2) is 6.16. The number of carbonyl (C=O) groups excluding carboxylic acids is 1. The molecule has 1 aromatic carbocycles. The zero-order chi connectivity index (χ0) is 18.4. The summed E-state index contributed by atoms with van der Waals surface area (Å²) in [4.78, 5) is 20.3. The molecule has 0 N–H and O–H groups in total. The van der Waals surface area contributed by atoms with Crippen molar-refractivity contribution in [2.75, 3.05) is 0 Å². The number of aliphatic imine (C=N–C) groups is 1. The van der Waals surface area contributed by atoms with E-state index in [1.54, 1.807) is 18.6 Å². The van der Waals surface area contributed by atoms with Crippen LogP contribution in [0.4, 0.5) is 0 Å². The van der Waals surface area contributed by atoms with Crippen molar-refractivity contribution in [2.24, 2.45) is 4.99 Å². The summed E-state index contributed by atoms with van der Waals surface area (Å²) >= 11 is 0. The first-order valence-corrected chi connectivity index (χ1v) is 9.11. The molecule has 2 aromatic heterocycles. The van der Waals surface area contributed by atoms with Gasteiger partial charge < -0.3 is 4.74 Å². The molecule has 3 aromatic rings. The summed E-state index contributed by atoms with van der Waals surface area (Å²) in [6, 6.07) is 8.01. The van der Waals surface area contributed by atoms with Gasteiger partial charge in [0.15, 0.2) is 5.75 Å². The number of aromatic nitrogens is 3. The molecule has 0 atom stereocenters. The van der Waals surface area contributed by atoms with Gasteiger partial charge in [0.2, 0.25) is 0 Å². The second-order valence-corrected chi connectivity index (χ2v) is 6.93. The van der Waals surface area contributed by atoms with Crippen molar-refractivity contribution in [3.05, 3.63) is 53.6 Å². The number of esters is 1. The van der Waals surface area contributed by atoms with Gasteiger partial charge in [-0.15, -0.1) is 0 Å². The van der Waals surface area contributed by atoms with Gasteiger partial charge in [-0.1, -0.05) is 12.5 Å². The minimum atomic E-state index is -0.339. The Hall–Kier alpha value is -3.28. The minimum absolute atomic E-state index is 0.339. The molecule has 1 aliphatic heterocycles. The Morgan fingerprint density at radius 3 is 2.89 bits per heavy atom. The molecule has 5 rings (SSSR count). The molecule has 1 aliphatic carbocycles. The highest BCUT2D eigenvalue weighted by Crippen LogP contribution is 2.39. The average Bonchev–Trinajstić information content (AvgIpc) is 2.83. The molecule has 6 heteroatoms. The fraction of sp³-hybridized carbons (Fsp3) is 0.238. The first-order chi connectivity index (χ1) is 13.2. The molecule has 1 fully saturated rings. The summed E-state index contributed by atoms with van der Waals surface area (Å²) in [6.45, 7) is 1.42. The lowest BCUT2D eigenvalue weighted by atomic mass is 9.80. The monoisotopic (exact) mass is 358 g/mol. The van der Waals surface area contributed by atoms with Crippen molar-refractivity contribution in [3.63, 3.8) is 0 Å². The van der Waals surface area contributed by atoms with Gasteiger partial charge in [0.25, 0.3) is 0 Å². The number of hydrogen-bond acceptors (Lipinski definition) is 5. The van der Waals surface area contributed by atoms with E-state index in [1.165, 1.54) is 31.7 Å². The van der Waals surface area contributed by atoms with Crippen LogP contribution < -0.4 is 4.74 Å². The standard InChI is InChI=1S/C21H18N4O2/c1-13(26)27-20-11-15(14-3-2-4-14)5-6-18(20)25-19-8-10-23-17-12-22-9-7-16(24-25)21(17)19/h5-12,14H,2-4H2,1H3. The van der Waals surface area contributed by atoms with Crippen molar-refractivity contribution in [2.45, 2.75) is 32.1 Å². The van der Waals surface area contributed by atoms with E-state index in [1.807, 2.05) is 29.0 Å². The molecule has 2 aliphatic rings. The maximum atomic E-state index is 11.7. The number of rotatable bonds is 3. The molecular formula is C21H18N4O2. The van der Waals surface area contributed by atoms with Crippen molar-refractivity contribution < 1.29 is 9.53 Å². The van der Waals surface area contributed by atoms with Crippen LogP contribution in [0.15, 0.2) is 41.7 Å². The molecule has 27 heavy (non-hydrogen) atoms. The van der Waals surface area contributed by atoms with Crippen LogP contribution >= 0.6 is 0 Å². The number of nitrogens with zero attached hydrogens (tertiary/aromatic N) is 4. The molecule has 0 unspecified atom stereocenters. The van der Waals surface area contributed by atoms with E-state index in [-0.39, 0.29) is 5.97 Å². The van der Waals surface area contributed by atoms with Crippen LogP contribution in [-0.2, 0) is 4.79 Å². The van der Waals surface area contributed by atoms with Crippen molar-refractivity contribution in [1.29, 1.82) is 0 Å². The smallest absolute Gasteiger partial charge is 0.308 e. The quantitative estimate of drug-likeness (QED) is 0.524. The zero-order valence-corrected chi connectivity index (χ0v) is 14.9. The zero-order valence-electron chi connectivity index (χ0n) is 14.9. The molecule has 3 heterocycles. The lowest BCUT2D eigenvalue weighted by Crippen LogP contribution is -2.11. The Balaban J connectivity index is 1.71. The van der Waals surface area contributed by atoms with E-state index in [2.05, 4.69) is 16.0 Å². The molecule has 134 valence electrons. The van der Waals surface area contributed by atoms with Gasteiger partial charge in [0.1, 0.15) is 5.69 Å². The lowest BCUT2D eigenvalue weighted by molar-refractivity contribution is -0.131. The van der Waals surface area contributed by atoms with Gasteiger partial charge in [0.05, 0.1) is 28.5 Å². The SMILES string of the molecule is CC(=O)Oc1cc(C2CCC2)ccc1-n1nc2c3c(nccc31)C=NC=C2. The van der Waals surface area contributed by atoms with E-state index < -0.39 is 0 Å². The topological polar surface area (TPSA) is 69.4 Å². The van der Waals surface area contributed by atoms with Gasteiger partial charge in [0, 0.05) is 19.3 Å². The third-order valence-electron chi connectivity index (χ3n) is 5.21. The molecule has 0 amide bonds. The maximum absolute atomic E-state index is 11.7. The molecule has 0 spiro atoms. The third kappa shape index (κ3) is 2.65. The molecule has 1 saturated carbocycles. The Morgan fingerprint density at radius 1 is 1.22 bits per heavy atom. The van der Waals surface area contributed by atoms with E-state index in [0.717, 1.165) is 28.0 Å². The fourth-order valence-corrected chi connectivity index (χ4v) is 3.68. The van der Waals surface area contributed by atoms with Gasteiger partial charge in [-0.3, -0.25) is 14.8 Å². The largest absolute Gasteiger partial charge is 0.424 e. The van der Waals surface area contributed by atoms with E-state index in [9.17, 15) is 4.79 Å². The Kier molecular flexibility index (Phi) is 3.63. The third-order valence-corrected chi connectivity index (χ3v) is 5.21. The van der Waals surface area contributed by atoms with Gasteiger partial charge >= 0.3 is 5.97 Å². The van der Waals surface area contributed by atoms with Crippen molar-refractivity contribution in [3.8, 4) is 11.4 Å². The van der Waals surface area contributed by atoms with Crippen LogP contribution in [-0.4, -0.2) is 26.9 Å². The van der Waals surface area contributed by atoms with Crippen LogP contribution in [0.5, 0.6) is 5.75 Å². The Labute approximate surface area is 156 Å². The van der Waals surface area contributed by atoms with E-state index in [0.29, 0.717) is 11.7 Å².